The molecule has 1 fully saturated rings. The first-order valence-electron chi connectivity index (χ1n) is 9.11. The lowest BCUT2D eigenvalue weighted by atomic mass is 9.93. The molecule has 5 nitrogen and oxygen atoms in total. The summed E-state index contributed by atoms with van der Waals surface area (Å²) in [6.45, 7) is 15.2. The molecule has 0 spiro atoms. The summed E-state index contributed by atoms with van der Waals surface area (Å²) in [5.41, 5.74) is 3.36. The molecule has 2 rings (SSSR count). The van der Waals surface area contributed by atoms with Crippen LogP contribution in [0.15, 0.2) is 18.2 Å². The molecular formula is C19H33N3O2S. The van der Waals surface area contributed by atoms with E-state index in [2.05, 4.69) is 53.9 Å². The molecule has 1 atom stereocenters. The van der Waals surface area contributed by atoms with Gasteiger partial charge in [-0.3, -0.25) is 0 Å². The summed E-state index contributed by atoms with van der Waals surface area (Å²) < 4.78 is 27.7. The summed E-state index contributed by atoms with van der Waals surface area (Å²) in [6.07, 6.45) is 0. The van der Waals surface area contributed by atoms with Crippen molar-refractivity contribution in [2.45, 2.75) is 52.3 Å². The summed E-state index contributed by atoms with van der Waals surface area (Å²) in [6, 6.07) is 6.13. The Morgan fingerprint density at radius 3 is 2.28 bits per heavy atom. The van der Waals surface area contributed by atoms with Crippen LogP contribution < -0.4 is 14.9 Å². The maximum atomic E-state index is 12.8. The molecule has 25 heavy (non-hydrogen) atoms. The monoisotopic (exact) mass is 367 g/mol. The summed E-state index contributed by atoms with van der Waals surface area (Å²) in [5.74, 6) is 0.153. The van der Waals surface area contributed by atoms with Crippen LogP contribution in [0.25, 0.3) is 0 Å². The predicted molar refractivity (Wildman–Crippen MR) is 106 cm³/mol. The first kappa shape index (κ1) is 20.2. The second-order valence-electron chi connectivity index (χ2n) is 8.25. The van der Waals surface area contributed by atoms with Crippen molar-refractivity contribution >= 4 is 15.7 Å². The lowest BCUT2D eigenvalue weighted by Gasteiger charge is -2.35. The van der Waals surface area contributed by atoms with Gasteiger partial charge in [0, 0.05) is 31.9 Å². The number of rotatable bonds is 5. The molecule has 2 N–H and O–H groups in total. The standard InChI is InChI=1S/C19H33N3O2S/c1-14(2)18(21-25(23,24)19(4,5)6)16-13-15(3)7-8-17(16)22-11-9-20-10-12-22/h7-8,13-14,18,20-21H,9-12H2,1-6H3/t18-/m0/s1. The van der Waals surface area contributed by atoms with Crippen LogP contribution in [-0.2, 0) is 10.0 Å². The molecule has 0 unspecified atom stereocenters. The van der Waals surface area contributed by atoms with E-state index in [1.54, 1.807) is 20.8 Å². The van der Waals surface area contributed by atoms with Crippen molar-refractivity contribution in [1.29, 1.82) is 0 Å². The van der Waals surface area contributed by atoms with E-state index < -0.39 is 14.8 Å². The number of piperazine rings is 1. The zero-order chi connectivity index (χ0) is 18.8. The van der Waals surface area contributed by atoms with Crippen LogP contribution in [-0.4, -0.2) is 39.3 Å². The molecule has 0 aliphatic carbocycles. The lowest BCUT2D eigenvalue weighted by molar-refractivity contribution is 0.451. The number of nitrogens with one attached hydrogen (secondary N) is 2. The van der Waals surface area contributed by atoms with Crippen molar-refractivity contribution < 1.29 is 8.42 Å². The van der Waals surface area contributed by atoms with Crippen LogP contribution in [0.2, 0.25) is 0 Å². The van der Waals surface area contributed by atoms with E-state index in [-0.39, 0.29) is 12.0 Å². The minimum absolute atomic E-state index is 0.153. The van der Waals surface area contributed by atoms with Gasteiger partial charge < -0.3 is 10.2 Å². The predicted octanol–water partition coefficient (Wildman–Crippen LogP) is 2.82. The zero-order valence-corrected chi connectivity index (χ0v) is 17.2. The van der Waals surface area contributed by atoms with Gasteiger partial charge in [-0.05, 0) is 45.2 Å². The number of hydrogen-bond acceptors (Lipinski definition) is 4. The molecule has 6 heteroatoms. The molecule has 0 radical (unpaired) electrons. The smallest absolute Gasteiger partial charge is 0.217 e. The largest absolute Gasteiger partial charge is 0.369 e. The highest BCUT2D eigenvalue weighted by Gasteiger charge is 2.34. The Morgan fingerprint density at radius 2 is 1.76 bits per heavy atom. The highest BCUT2D eigenvalue weighted by molar-refractivity contribution is 7.90. The quantitative estimate of drug-likeness (QED) is 0.840. The fourth-order valence-electron chi connectivity index (χ4n) is 3.02. The number of hydrogen-bond donors (Lipinski definition) is 2. The minimum atomic E-state index is -3.43. The molecule has 0 saturated carbocycles. The van der Waals surface area contributed by atoms with Crippen LogP contribution in [0.3, 0.4) is 0 Å². The van der Waals surface area contributed by atoms with Crippen LogP contribution in [0.4, 0.5) is 5.69 Å². The highest BCUT2D eigenvalue weighted by Crippen LogP contribution is 2.33. The molecule has 0 aromatic heterocycles. The Kier molecular flexibility index (Phi) is 6.17. The van der Waals surface area contributed by atoms with E-state index in [9.17, 15) is 8.42 Å². The first-order valence-corrected chi connectivity index (χ1v) is 10.6. The maximum absolute atomic E-state index is 12.8. The highest BCUT2D eigenvalue weighted by atomic mass is 32.2. The molecule has 1 saturated heterocycles. The van der Waals surface area contributed by atoms with E-state index in [1.807, 2.05) is 0 Å². The van der Waals surface area contributed by atoms with Gasteiger partial charge in [0.1, 0.15) is 0 Å². The molecule has 1 aliphatic heterocycles. The van der Waals surface area contributed by atoms with Gasteiger partial charge in [0.2, 0.25) is 10.0 Å². The normalized spacial score (nSPS) is 17.8. The van der Waals surface area contributed by atoms with Gasteiger partial charge >= 0.3 is 0 Å². The Balaban J connectivity index is 2.45. The second kappa shape index (κ2) is 7.64. The first-order chi connectivity index (χ1) is 11.5. The number of aryl methyl sites for hydroxylation is 1. The number of benzene rings is 1. The van der Waals surface area contributed by atoms with E-state index in [0.29, 0.717) is 0 Å². The summed E-state index contributed by atoms with van der Waals surface area (Å²) in [7, 11) is -3.43. The van der Waals surface area contributed by atoms with Gasteiger partial charge in [-0.1, -0.05) is 31.5 Å². The maximum Gasteiger partial charge on any atom is 0.217 e. The van der Waals surface area contributed by atoms with Gasteiger partial charge in [0.25, 0.3) is 0 Å². The number of anilines is 1. The van der Waals surface area contributed by atoms with Gasteiger partial charge in [0.15, 0.2) is 0 Å². The third-order valence-electron chi connectivity index (χ3n) is 4.73. The van der Waals surface area contributed by atoms with Gasteiger partial charge in [0.05, 0.1) is 10.8 Å². The fraction of sp³-hybridized carbons (Fsp3) is 0.684. The third-order valence-corrected chi connectivity index (χ3v) is 6.91. The summed E-state index contributed by atoms with van der Waals surface area (Å²) >= 11 is 0. The molecule has 0 bridgehead atoms. The van der Waals surface area contributed by atoms with E-state index >= 15 is 0 Å². The Morgan fingerprint density at radius 1 is 1.16 bits per heavy atom. The third kappa shape index (κ3) is 4.74. The zero-order valence-electron chi connectivity index (χ0n) is 16.4. The Hall–Kier alpha value is -1.11. The van der Waals surface area contributed by atoms with Crippen molar-refractivity contribution in [1.82, 2.24) is 10.0 Å². The van der Waals surface area contributed by atoms with Crippen molar-refractivity contribution in [3.63, 3.8) is 0 Å². The van der Waals surface area contributed by atoms with Gasteiger partial charge in [-0.25, -0.2) is 13.1 Å². The average molecular weight is 368 g/mol. The van der Waals surface area contributed by atoms with Crippen LogP contribution >= 0.6 is 0 Å². The van der Waals surface area contributed by atoms with Crippen LogP contribution in [0.5, 0.6) is 0 Å². The minimum Gasteiger partial charge on any atom is -0.369 e. The van der Waals surface area contributed by atoms with E-state index in [0.717, 1.165) is 43.0 Å². The molecular weight excluding hydrogens is 334 g/mol. The summed E-state index contributed by atoms with van der Waals surface area (Å²) in [5, 5.41) is 3.37. The molecule has 1 aromatic rings. The molecule has 1 heterocycles. The van der Waals surface area contributed by atoms with E-state index in [1.165, 1.54) is 0 Å². The summed E-state index contributed by atoms with van der Waals surface area (Å²) in [4.78, 5) is 2.35. The molecule has 1 aliphatic rings. The Bertz CT molecular complexity index is 687. The van der Waals surface area contributed by atoms with Gasteiger partial charge in [-0.2, -0.15) is 0 Å². The second-order valence-corrected chi connectivity index (χ2v) is 10.7. The van der Waals surface area contributed by atoms with Crippen LogP contribution in [0.1, 0.15) is 51.8 Å². The van der Waals surface area contributed by atoms with Crippen molar-refractivity contribution in [3.05, 3.63) is 29.3 Å². The van der Waals surface area contributed by atoms with Crippen LogP contribution in [0, 0.1) is 12.8 Å². The van der Waals surface area contributed by atoms with Crippen molar-refractivity contribution in [3.8, 4) is 0 Å². The topological polar surface area (TPSA) is 61.4 Å². The molecule has 0 amide bonds. The fourth-order valence-corrected chi connectivity index (χ4v) is 4.11. The SMILES string of the molecule is Cc1ccc(N2CCNCC2)c([C@@H](NS(=O)(=O)C(C)(C)C)C(C)C)c1. The number of sulfonamides is 1. The van der Waals surface area contributed by atoms with Gasteiger partial charge in [-0.15, -0.1) is 0 Å². The lowest BCUT2D eigenvalue weighted by Crippen LogP contribution is -2.45. The van der Waals surface area contributed by atoms with E-state index in [4.69, 9.17) is 0 Å². The van der Waals surface area contributed by atoms with Crippen molar-refractivity contribution in [2.24, 2.45) is 5.92 Å². The Labute approximate surface area is 153 Å². The molecule has 142 valence electrons. The number of nitrogens with zero attached hydrogens (tertiary/aromatic N) is 1. The molecule has 1 aromatic carbocycles. The van der Waals surface area contributed by atoms with Crippen molar-refractivity contribution in [2.75, 3.05) is 31.1 Å². The average Bonchev–Trinajstić information content (AvgIpc) is 2.52.